The number of nitrogens with zero attached hydrogens (tertiary/aromatic N) is 2. The Morgan fingerprint density at radius 1 is 1.48 bits per heavy atom. The van der Waals surface area contributed by atoms with Crippen LogP contribution in [-0.2, 0) is 16.9 Å². The van der Waals surface area contributed by atoms with Gasteiger partial charge in [-0.25, -0.2) is 8.78 Å². The molecule has 1 unspecified atom stereocenters. The number of rotatable bonds is 7. The lowest BCUT2D eigenvalue weighted by molar-refractivity contribution is -0.168. The molecule has 0 aliphatic carbocycles. The van der Waals surface area contributed by atoms with Gasteiger partial charge in [0.1, 0.15) is 13.2 Å². The van der Waals surface area contributed by atoms with Crippen LogP contribution in [0.4, 0.5) is 17.6 Å². The Hall–Kier alpha value is -1.22. The highest BCUT2D eigenvalue weighted by molar-refractivity contribution is 5.06. The van der Waals surface area contributed by atoms with Crippen molar-refractivity contribution in [1.82, 2.24) is 15.5 Å². The molecule has 0 aromatic carbocycles. The Morgan fingerprint density at radius 3 is 2.81 bits per heavy atom. The van der Waals surface area contributed by atoms with Crippen LogP contribution in [0.1, 0.15) is 37.9 Å². The predicted octanol–water partition coefficient (Wildman–Crippen LogP) is 2.48. The van der Waals surface area contributed by atoms with Crippen molar-refractivity contribution in [2.75, 3.05) is 13.2 Å². The molecule has 5 nitrogen and oxygen atoms in total. The first-order chi connectivity index (χ1) is 9.89. The molecule has 1 saturated heterocycles. The third-order valence-electron chi connectivity index (χ3n) is 3.57. The molecule has 0 amide bonds. The molecule has 0 radical (unpaired) electrons. The molecule has 1 aliphatic heterocycles. The van der Waals surface area contributed by atoms with Crippen LogP contribution in [0.3, 0.4) is 0 Å². The van der Waals surface area contributed by atoms with Crippen LogP contribution < -0.4 is 5.32 Å². The summed E-state index contributed by atoms with van der Waals surface area (Å²) in [6.07, 6.45) is -1.19. The van der Waals surface area contributed by atoms with Gasteiger partial charge in [-0.3, -0.25) is 0 Å². The Labute approximate surface area is 119 Å². The second kappa shape index (κ2) is 6.27. The normalized spacial score (nSPS) is 23.1. The Kier molecular flexibility index (Phi) is 4.82. The fourth-order valence-electron chi connectivity index (χ4n) is 2.29. The lowest BCUT2D eigenvalue weighted by Crippen LogP contribution is -2.36. The van der Waals surface area contributed by atoms with Crippen LogP contribution in [0.25, 0.3) is 0 Å². The number of hydrogen-bond acceptors (Lipinski definition) is 5. The number of nitrogens with one attached hydrogen (secondary N) is 1. The minimum Gasteiger partial charge on any atom is -0.367 e. The van der Waals surface area contributed by atoms with Gasteiger partial charge in [-0.2, -0.15) is 13.8 Å². The Bertz CT molecular complexity index is 461. The smallest absolute Gasteiger partial charge is 0.330 e. The van der Waals surface area contributed by atoms with Gasteiger partial charge < -0.3 is 14.6 Å². The highest BCUT2D eigenvalue weighted by Gasteiger charge is 2.41. The molecule has 0 saturated carbocycles. The quantitative estimate of drug-likeness (QED) is 0.784. The van der Waals surface area contributed by atoms with Crippen LogP contribution in [-0.4, -0.2) is 35.6 Å². The van der Waals surface area contributed by atoms with Gasteiger partial charge >= 0.3 is 12.3 Å². The second-order valence-corrected chi connectivity index (χ2v) is 5.04. The average molecular weight is 311 g/mol. The monoisotopic (exact) mass is 311 g/mol. The van der Waals surface area contributed by atoms with E-state index in [2.05, 4.69) is 20.2 Å². The van der Waals surface area contributed by atoms with Crippen molar-refractivity contribution in [1.29, 1.82) is 0 Å². The van der Waals surface area contributed by atoms with Crippen molar-refractivity contribution in [2.24, 2.45) is 0 Å². The molecule has 9 heteroatoms. The standard InChI is InChI=1S/C12H17F4N3O2/c1-2-11(4-3-5-17-11)10-18-8(19-21-10)6-20-7-12(15,16)9(13)14/h9,17H,2-7H2,1H3. The molecular formula is C12H17F4N3O2. The van der Waals surface area contributed by atoms with E-state index in [1.807, 2.05) is 6.92 Å². The number of halogens is 4. The second-order valence-electron chi connectivity index (χ2n) is 5.04. The van der Waals surface area contributed by atoms with Gasteiger partial charge in [-0.1, -0.05) is 12.1 Å². The largest absolute Gasteiger partial charge is 0.367 e. The first-order valence-electron chi connectivity index (χ1n) is 6.71. The lowest BCUT2D eigenvalue weighted by Gasteiger charge is -2.22. The van der Waals surface area contributed by atoms with E-state index in [4.69, 9.17) is 4.52 Å². The SMILES string of the molecule is CCC1(c2nc(COCC(F)(F)C(F)F)no2)CCCN1. The summed E-state index contributed by atoms with van der Waals surface area (Å²) in [5.74, 6) is -3.73. The zero-order valence-corrected chi connectivity index (χ0v) is 11.5. The van der Waals surface area contributed by atoms with Crippen LogP contribution in [0.2, 0.25) is 0 Å². The summed E-state index contributed by atoms with van der Waals surface area (Å²) in [6, 6.07) is 0. The molecule has 1 aromatic rings. The summed E-state index contributed by atoms with van der Waals surface area (Å²) in [4.78, 5) is 4.10. The first-order valence-corrected chi connectivity index (χ1v) is 6.71. The lowest BCUT2D eigenvalue weighted by atomic mass is 9.94. The van der Waals surface area contributed by atoms with Crippen LogP contribution in [0.5, 0.6) is 0 Å². The molecule has 0 spiro atoms. The molecule has 1 atom stereocenters. The zero-order valence-electron chi connectivity index (χ0n) is 11.5. The number of aromatic nitrogens is 2. The minimum atomic E-state index is -4.18. The van der Waals surface area contributed by atoms with E-state index in [0.29, 0.717) is 5.89 Å². The third kappa shape index (κ3) is 3.52. The van der Waals surface area contributed by atoms with Gasteiger partial charge in [0.15, 0.2) is 5.82 Å². The number of alkyl halides is 4. The van der Waals surface area contributed by atoms with Gasteiger partial charge in [0.05, 0.1) is 5.54 Å². The fraction of sp³-hybridized carbons (Fsp3) is 0.833. The molecule has 21 heavy (non-hydrogen) atoms. The molecule has 1 aliphatic rings. The topological polar surface area (TPSA) is 60.2 Å². The number of hydrogen-bond donors (Lipinski definition) is 1. The maximum Gasteiger partial charge on any atom is 0.330 e. The molecule has 1 fully saturated rings. The zero-order chi connectivity index (χ0) is 15.5. The predicted molar refractivity (Wildman–Crippen MR) is 64.1 cm³/mol. The van der Waals surface area contributed by atoms with Crippen molar-refractivity contribution in [3.05, 3.63) is 11.7 Å². The van der Waals surface area contributed by atoms with Gasteiger partial charge in [-0.05, 0) is 25.8 Å². The maximum absolute atomic E-state index is 12.7. The highest BCUT2D eigenvalue weighted by atomic mass is 19.3. The fourth-order valence-corrected chi connectivity index (χ4v) is 2.29. The summed E-state index contributed by atoms with van der Waals surface area (Å²) in [6.45, 7) is 1.03. The molecular weight excluding hydrogens is 294 g/mol. The van der Waals surface area contributed by atoms with Crippen molar-refractivity contribution < 1.29 is 26.8 Å². The molecule has 2 heterocycles. The summed E-state index contributed by atoms with van der Waals surface area (Å²) >= 11 is 0. The summed E-state index contributed by atoms with van der Waals surface area (Å²) in [5.41, 5.74) is -0.391. The van der Waals surface area contributed by atoms with Crippen LogP contribution >= 0.6 is 0 Å². The van der Waals surface area contributed by atoms with Gasteiger partial charge in [0, 0.05) is 0 Å². The highest BCUT2D eigenvalue weighted by Crippen LogP contribution is 2.32. The summed E-state index contributed by atoms with van der Waals surface area (Å²) in [5, 5.41) is 6.92. The van der Waals surface area contributed by atoms with E-state index >= 15 is 0 Å². The molecule has 1 N–H and O–H groups in total. The minimum absolute atomic E-state index is 0.0663. The van der Waals surface area contributed by atoms with Crippen molar-refractivity contribution in [2.45, 2.75) is 50.7 Å². The van der Waals surface area contributed by atoms with E-state index in [1.165, 1.54) is 0 Å². The van der Waals surface area contributed by atoms with Crippen LogP contribution in [0, 0.1) is 0 Å². The van der Waals surface area contributed by atoms with E-state index in [-0.39, 0.29) is 5.82 Å². The third-order valence-corrected chi connectivity index (χ3v) is 3.57. The van der Waals surface area contributed by atoms with E-state index in [1.54, 1.807) is 0 Å². The van der Waals surface area contributed by atoms with E-state index in [9.17, 15) is 17.6 Å². The molecule has 1 aromatic heterocycles. The first kappa shape index (κ1) is 16.2. The van der Waals surface area contributed by atoms with Gasteiger partial charge in [0.2, 0.25) is 5.89 Å². The van der Waals surface area contributed by atoms with Crippen molar-refractivity contribution in [3.63, 3.8) is 0 Å². The van der Waals surface area contributed by atoms with E-state index in [0.717, 1.165) is 25.8 Å². The molecule has 0 bridgehead atoms. The van der Waals surface area contributed by atoms with E-state index < -0.39 is 31.1 Å². The van der Waals surface area contributed by atoms with Crippen molar-refractivity contribution >= 4 is 0 Å². The summed E-state index contributed by atoms with van der Waals surface area (Å²) < 4.78 is 58.9. The average Bonchev–Trinajstić information content (AvgIpc) is 3.07. The Balaban J connectivity index is 1.92. The molecule has 120 valence electrons. The Morgan fingerprint density at radius 2 is 2.24 bits per heavy atom. The number of ether oxygens (including phenoxy) is 1. The van der Waals surface area contributed by atoms with Crippen molar-refractivity contribution in [3.8, 4) is 0 Å². The maximum atomic E-state index is 12.7. The van der Waals surface area contributed by atoms with Gasteiger partial charge in [0.25, 0.3) is 0 Å². The van der Waals surface area contributed by atoms with Gasteiger partial charge in [-0.15, -0.1) is 0 Å². The van der Waals surface area contributed by atoms with Crippen LogP contribution in [0.15, 0.2) is 4.52 Å². The summed E-state index contributed by atoms with van der Waals surface area (Å²) in [7, 11) is 0. The molecule has 2 rings (SSSR count).